The molecule has 0 fully saturated rings. The number of nitrogens with zero attached hydrogens (tertiary/aromatic N) is 2. The molecule has 1 aromatic heterocycles. The molecule has 0 amide bonds. The largest absolute Gasteiger partial charge is 0.416 e. The van der Waals surface area contributed by atoms with Gasteiger partial charge in [-0.05, 0) is 103 Å². The summed E-state index contributed by atoms with van der Waals surface area (Å²) in [5, 5.41) is 8.79. The van der Waals surface area contributed by atoms with E-state index in [4.69, 9.17) is 4.42 Å². The minimum atomic E-state index is -0.0229. The third-order valence-corrected chi connectivity index (χ3v) is 10.5. The summed E-state index contributed by atoms with van der Waals surface area (Å²) >= 11 is 0. The molecule has 0 N–H and O–H groups in total. The summed E-state index contributed by atoms with van der Waals surface area (Å²) in [5.41, 5.74) is 17.4. The van der Waals surface area contributed by atoms with Crippen molar-refractivity contribution in [3.8, 4) is 67.4 Å². The lowest BCUT2D eigenvalue weighted by molar-refractivity contribution is 0.584. The van der Waals surface area contributed by atoms with Gasteiger partial charge in [0.15, 0.2) is 0 Å². The molecule has 0 radical (unpaired) electrons. The monoisotopic (exact) mass is 606 g/mol. The Hall–Kier alpha value is -5.54. The first kappa shape index (κ1) is 27.7. The SMILES string of the molecule is CC1(C)c2ccccc2-c2ccc(-c3ccc(-c4nnc(-c5ccc(-c6ccc7c(c6)C(C)(C)c6ccccc6-7)cc5)o4)cc3)cc21. The third kappa shape index (κ3) is 4.19. The van der Waals surface area contributed by atoms with Crippen molar-refractivity contribution in [1.29, 1.82) is 0 Å². The minimum Gasteiger partial charge on any atom is -0.416 e. The average molecular weight is 607 g/mol. The van der Waals surface area contributed by atoms with Crippen LogP contribution in [-0.4, -0.2) is 10.2 Å². The molecule has 0 spiro atoms. The van der Waals surface area contributed by atoms with Gasteiger partial charge in [-0.25, -0.2) is 0 Å². The van der Waals surface area contributed by atoms with Gasteiger partial charge in [0.25, 0.3) is 0 Å². The predicted octanol–water partition coefficient (Wildman–Crippen LogP) is 11.4. The number of hydrogen-bond donors (Lipinski definition) is 0. The lowest BCUT2D eigenvalue weighted by Gasteiger charge is -2.22. The van der Waals surface area contributed by atoms with Crippen LogP contribution in [0.25, 0.3) is 67.4 Å². The van der Waals surface area contributed by atoms with E-state index in [1.54, 1.807) is 0 Å². The molecule has 3 heteroatoms. The van der Waals surface area contributed by atoms with Crippen molar-refractivity contribution in [2.75, 3.05) is 0 Å². The van der Waals surface area contributed by atoms with E-state index in [9.17, 15) is 0 Å². The molecule has 2 aliphatic rings. The quantitative estimate of drug-likeness (QED) is 0.200. The second-order valence-corrected chi connectivity index (χ2v) is 13.9. The Kier molecular flexibility index (Phi) is 5.89. The molecule has 226 valence electrons. The van der Waals surface area contributed by atoms with Gasteiger partial charge in [0.1, 0.15) is 0 Å². The van der Waals surface area contributed by atoms with Gasteiger partial charge in [-0.1, -0.05) is 125 Å². The van der Waals surface area contributed by atoms with Crippen LogP contribution in [0.1, 0.15) is 49.9 Å². The fourth-order valence-corrected chi connectivity index (χ4v) is 7.83. The number of hydrogen-bond acceptors (Lipinski definition) is 3. The molecule has 9 rings (SSSR count). The summed E-state index contributed by atoms with van der Waals surface area (Å²) in [6.45, 7) is 9.27. The van der Waals surface area contributed by atoms with Crippen LogP contribution in [0, 0.1) is 0 Å². The summed E-state index contributed by atoms with van der Waals surface area (Å²) in [6.07, 6.45) is 0. The summed E-state index contributed by atoms with van der Waals surface area (Å²) in [4.78, 5) is 0. The van der Waals surface area contributed by atoms with Crippen LogP contribution in [0.4, 0.5) is 0 Å². The molecule has 0 saturated heterocycles. The van der Waals surface area contributed by atoms with Gasteiger partial charge >= 0.3 is 0 Å². The second-order valence-electron chi connectivity index (χ2n) is 13.9. The van der Waals surface area contributed by atoms with Crippen LogP contribution in [0.2, 0.25) is 0 Å². The highest BCUT2D eigenvalue weighted by Gasteiger charge is 2.36. The van der Waals surface area contributed by atoms with Crippen molar-refractivity contribution in [3.05, 3.63) is 156 Å². The smallest absolute Gasteiger partial charge is 0.248 e. The first-order valence-electron chi connectivity index (χ1n) is 16.3. The molecule has 1 heterocycles. The van der Waals surface area contributed by atoms with Crippen LogP contribution in [-0.2, 0) is 10.8 Å². The standard InChI is InChI=1S/C44H34N2O/c1-43(2)37-11-7-5-9-33(37)35-23-21-31(25-39(35)43)27-13-17-29(18-14-27)41-45-46-42(47-41)30-19-15-28(16-20-30)32-22-24-36-34-10-6-8-12-38(34)44(3,4)40(36)26-32/h5-26H,1-4H3. The molecular weight excluding hydrogens is 572 g/mol. The fourth-order valence-electron chi connectivity index (χ4n) is 7.83. The van der Waals surface area contributed by atoms with Crippen molar-refractivity contribution < 1.29 is 4.42 Å². The van der Waals surface area contributed by atoms with Crippen LogP contribution >= 0.6 is 0 Å². The van der Waals surface area contributed by atoms with Gasteiger partial charge in [0.05, 0.1) is 0 Å². The van der Waals surface area contributed by atoms with Gasteiger partial charge in [-0.15, -0.1) is 10.2 Å². The Morgan fingerprint density at radius 2 is 0.702 bits per heavy atom. The third-order valence-electron chi connectivity index (χ3n) is 10.5. The topological polar surface area (TPSA) is 38.9 Å². The summed E-state index contributed by atoms with van der Waals surface area (Å²) < 4.78 is 6.17. The van der Waals surface area contributed by atoms with Gasteiger partial charge in [-0.2, -0.15) is 0 Å². The summed E-state index contributed by atoms with van der Waals surface area (Å²) in [5.74, 6) is 1.03. The van der Waals surface area contributed by atoms with Crippen molar-refractivity contribution in [2.45, 2.75) is 38.5 Å². The predicted molar refractivity (Wildman–Crippen MR) is 191 cm³/mol. The van der Waals surface area contributed by atoms with E-state index >= 15 is 0 Å². The van der Waals surface area contributed by atoms with Gasteiger partial charge < -0.3 is 4.42 Å². The molecule has 7 aromatic rings. The van der Waals surface area contributed by atoms with Crippen molar-refractivity contribution >= 4 is 0 Å². The van der Waals surface area contributed by atoms with Crippen LogP contribution in [0.5, 0.6) is 0 Å². The van der Waals surface area contributed by atoms with Crippen molar-refractivity contribution in [2.24, 2.45) is 0 Å². The number of fused-ring (bicyclic) bond motifs is 6. The molecule has 6 aromatic carbocycles. The van der Waals surface area contributed by atoms with Gasteiger partial charge in [0, 0.05) is 22.0 Å². The summed E-state index contributed by atoms with van der Waals surface area (Å²) in [6, 6.07) is 48.0. The molecular formula is C44H34N2O. The number of benzene rings is 6. The molecule has 3 nitrogen and oxygen atoms in total. The highest BCUT2D eigenvalue weighted by Crippen LogP contribution is 2.50. The van der Waals surface area contributed by atoms with Gasteiger partial charge in [0.2, 0.25) is 11.8 Å². The van der Waals surface area contributed by atoms with E-state index in [1.165, 1.54) is 55.6 Å². The van der Waals surface area contributed by atoms with E-state index in [0.29, 0.717) is 11.8 Å². The Morgan fingerprint density at radius 1 is 0.362 bits per heavy atom. The maximum Gasteiger partial charge on any atom is 0.248 e. The molecule has 2 aliphatic carbocycles. The van der Waals surface area contributed by atoms with Crippen molar-refractivity contribution in [3.63, 3.8) is 0 Å². The lowest BCUT2D eigenvalue weighted by Crippen LogP contribution is -2.14. The zero-order chi connectivity index (χ0) is 31.9. The molecule has 0 saturated carbocycles. The van der Waals surface area contributed by atoms with E-state index in [-0.39, 0.29) is 10.8 Å². The zero-order valence-electron chi connectivity index (χ0n) is 27.0. The Morgan fingerprint density at radius 3 is 1.13 bits per heavy atom. The first-order chi connectivity index (χ1) is 22.8. The molecule has 0 aliphatic heterocycles. The molecule has 0 atom stereocenters. The Bertz CT molecular complexity index is 2170. The molecule has 0 bridgehead atoms. The van der Waals surface area contributed by atoms with E-state index < -0.39 is 0 Å². The van der Waals surface area contributed by atoms with E-state index in [2.05, 4.69) is 171 Å². The highest BCUT2D eigenvalue weighted by molar-refractivity contribution is 5.85. The lowest BCUT2D eigenvalue weighted by atomic mass is 9.81. The fraction of sp³-hybridized carbons (Fsp3) is 0.136. The van der Waals surface area contributed by atoms with Gasteiger partial charge in [-0.3, -0.25) is 0 Å². The zero-order valence-corrected chi connectivity index (χ0v) is 27.0. The first-order valence-corrected chi connectivity index (χ1v) is 16.3. The van der Waals surface area contributed by atoms with Crippen LogP contribution < -0.4 is 0 Å². The van der Waals surface area contributed by atoms with Crippen molar-refractivity contribution in [1.82, 2.24) is 10.2 Å². The van der Waals surface area contributed by atoms with Crippen LogP contribution in [0.15, 0.2) is 138 Å². The number of rotatable bonds is 4. The Balaban J connectivity index is 0.951. The van der Waals surface area contributed by atoms with E-state index in [1.807, 2.05) is 0 Å². The van der Waals surface area contributed by atoms with E-state index in [0.717, 1.165) is 22.3 Å². The maximum atomic E-state index is 6.17. The minimum absolute atomic E-state index is 0.0229. The normalized spacial score (nSPS) is 14.7. The molecule has 0 unspecified atom stereocenters. The van der Waals surface area contributed by atoms with Crippen LogP contribution in [0.3, 0.4) is 0 Å². The maximum absolute atomic E-state index is 6.17. The number of aromatic nitrogens is 2. The summed E-state index contributed by atoms with van der Waals surface area (Å²) in [7, 11) is 0. The second kappa shape index (κ2) is 9.98. The average Bonchev–Trinajstić information content (AvgIpc) is 3.76. The molecule has 47 heavy (non-hydrogen) atoms. The highest BCUT2D eigenvalue weighted by atomic mass is 16.4. The Labute approximate surface area is 275 Å².